The lowest BCUT2D eigenvalue weighted by atomic mass is 10.0. The number of aliphatic carboxylic acids is 5. The van der Waals surface area contributed by atoms with Crippen LogP contribution in [0.25, 0.3) is 22.0 Å². The summed E-state index contributed by atoms with van der Waals surface area (Å²) in [5, 5.41) is 64.8. The van der Waals surface area contributed by atoms with Gasteiger partial charge >= 0.3 is 35.9 Å². The van der Waals surface area contributed by atoms with Crippen molar-refractivity contribution in [2.75, 3.05) is 16.4 Å². The van der Waals surface area contributed by atoms with Gasteiger partial charge in [-0.3, -0.25) is 28.8 Å². The van der Waals surface area contributed by atoms with E-state index in [1.54, 1.807) is 49.4 Å². The van der Waals surface area contributed by atoms with Crippen LogP contribution in [0.1, 0.15) is 68.1 Å². The van der Waals surface area contributed by atoms with E-state index >= 15 is 0 Å². The average molecular weight is 1010 g/mol. The molecule has 6 amide bonds. The molecule has 0 aliphatic carbocycles. The van der Waals surface area contributed by atoms with Crippen LogP contribution >= 0.6 is 0 Å². The Labute approximate surface area is 406 Å². The first kappa shape index (κ1) is 55.6. The molecule has 26 nitrogen and oxygen atoms in total. The van der Waals surface area contributed by atoms with Crippen LogP contribution in [0.5, 0.6) is 0 Å². The Bertz CT molecular complexity index is 2750. The van der Waals surface area contributed by atoms with Crippen LogP contribution in [-0.2, 0) is 43.2 Å². The van der Waals surface area contributed by atoms with E-state index in [1.165, 1.54) is 18.2 Å². The summed E-state index contributed by atoms with van der Waals surface area (Å²) in [4.78, 5) is 134. The zero-order chi connectivity index (χ0) is 53.4. The number of carbonyl (C=O) groups excluding carboxylic acids is 6. The normalized spacial score (nSPS) is 13.0. The highest BCUT2D eigenvalue weighted by molar-refractivity contribution is 6.06. The van der Waals surface area contributed by atoms with Crippen molar-refractivity contribution in [2.45, 2.75) is 94.9 Å². The molecule has 0 aliphatic rings. The Balaban J connectivity index is 1.28. The van der Waals surface area contributed by atoms with E-state index in [4.69, 9.17) is 16.6 Å². The van der Waals surface area contributed by atoms with Crippen LogP contribution in [0.4, 0.5) is 26.4 Å². The van der Waals surface area contributed by atoms with Gasteiger partial charge in [0.1, 0.15) is 30.0 Å². The largest absolute Gasteiger partial charge is 0.481 e. The van der Waals surface area contributed by atoms with Gasteiger partial charge in [0.2, 0.25) is 29.5 Å². The number of benzene rings is 3. The van der Waals surface area contributed by atoms with Crippen molar-refractivity contribution in [3.8, 4) is 11.1 Å². The number of nitrogens with one attached hydrogen (secondary N) is 6. The van der Waals surface area contributed by atoms with E-state index in [2.05, 4.69) is 37.0 Å². The molecule has 27 heteroatoms. The number of nitrogens with two attached hydrogens (primary N) is 2. The summed E-state index contributed by atoms with van der Waals surface area (Å²) >= 11 is 0. The molecule has 3 aromatic carbocycles. The van der Waals surface area contributed by atoms with E-state index in [9.17, 15) is 77.6 Å². The highest BCUT2D eigenvalue weighted by Gasteiger charge is 2.30. The second-order valence-electron chi connectivity index (χ2n) is 16.2. The number of aryl methyl sites for hydroxylation is 1. The maximum Gasteiger partial charge on any atom is 0.326 e. The molecule has 4 rings (SSSR count). The molecule has 1 aromatic heterocycles. The van der Waals surface area contributed by atoms with Gasteiger partial charge in [-0.25, -0.2) is 28.4 Å². The summed E-state index contributed by atoms with van der Waals surface area (Å²) in [6, 6.07) is 6.48. The van der Waals surface area contributed by atoms with Crippen molar-refractivity contribution in [2.24, 2.45) is 5.73 Å². The van der Waals surface area contributed by atoms with Gasteiger partial charge in [0, 0.05) is 31.4 Å². The zero-order valence-electron chi connectivity index (χ0n) is 38.2. The SMILES string of the molecule is Cc1ccc(F)c(NC(=O)Nc2ccc(-c3cccc4c3c(N)nn4C(=O)C[C@H](N)C(=O)N[C@@H](CCC(=O)N[C@@H](CCC(=O)N[C@@H](CCC(=O)N[C@@H](CCC(=O)O)C(=O)O)C(=O)O)C(=O)O)C(=O)O)cc2)c1. The molecule has 1 heterocycles. The van der Waals surface area contributed by atoms with Gasteiger partial charge in [-0.1, -0.05) is 30.3 Å². The number of halogens is 1. The molecule has 0 fully saturated rings. The summed E-state index contributed by atoms with van der Waals surface area (Å²) in [6.07, 6.45) is -5.39. The number of carboxylic acid groups (broad SMARTS) is 5. The first-order chi connectivity index (χ1) is 33.9. The summed E-state index contributed by atoms with van der Waals surface area (Å²) in [6.45, 7) is 1.74. The lowest BCUT2D eigenvalue weighted by Crippen LogP contribution is -2.50. The molecule has 4 aromatic rings. The zero-order valence-corrected chi connectivity index (χ0v) is 38.2. The quantitative estimate of drug-likeness (QED) is 0.0420. The predicted octanol–water partition coefficient (Wildman–Crippen LogP) is 1.22. The minimum Gasteiger partial charge on any atom is -0.481 e. The number of carboxylic acids is 5. The number of anilines is 3. The second kappa shape index (κ2) is 25.6. The van der Waals surface area contributed by atoms with Crippen molar-refractivity contribution in [3.63, 3.8) is 0 Å². The Morgan fingerprint density at radius 1 is 0.639 bits per heavy atom. The van der Waals surface area contributed by atoms with Gasteiger partial charge in [-0.05, 0) is 79.6 Å². The smallest absolute Gasteiger partial charge is 0.326 e. The maximum atomic E-state index is 14.1. The highest BCUT2D eigenvalue weighted by Crippen LogP contribution is 2.33. The predicted molar refractivity (Wildman–Crippen MR) is 249 cm³/mol. The summed E-state index contributed by atoms with van der Waals surface area (Å²) in [5.74, 6) is -13.3. The molecule has 0 unspecified atom stereocenters. The van der Waals surface area contributed by atoms with Crippen molar-refractivity contribution < 1.29 is 82.7 Å². The highest BCUT2D eigenvalue weighted by atomic mass is 19.1. The molecule has 0 spiro atoms. The molecular weight excluding hydrogens is 956 g/mol. The molecule has 0 bridgehead atoms. The monoisotopic (exact) mass is 1010 g/mol. The Kier molecular flexibility index (Phi) is 19.7. The number of nitrogens with zero attached hydrogens (tertiary/aromatic N) is 2. The van der Waals surface area contributed by atoms with Crippen LogP contribution in [0.3, 0.4) is 0 Å². The van der Waals surface area contributed by atoms with Crippen molar-refractivity contribution >= 4 is 93.5 Å². The maximum absolute atomic E-state index is 14.1. The van der Waals surface area contributed by atoms with Crippen molar-refractivity contribution in [3.05, 3.63) is 72.0 Å². The topological polar surface area (TPSA) is 431 Å². The van der Waals surface area contributed by atoms with E-state index in [0.29, 0.717) is 22.2 Å². The van der Waals surface area contributed by atoms with E-state index in [-0.39, 0.29) is 17.0 Å². The minimum atomic E-state index is -1.76. The number of nitrogen functional groups attached to an aromatic ring is 1. The minimum absolute atomic E-state index is 0.00452. The van der Waals surface area contributed by atoms with Crippen LogP contribution in [-0.4, -0.2) is 131 Å². The fraction of sp³-hybridized carbons (Fsp3) is 0.333. The van der Waals surface area contributed by atoms with Gasteiger partial charge in [0.25, 0.3) is 0 Å². The summed E-state index contributed by atoms with van der Waals surface area (Å²) in [5.41, 5.74) is 14.7. The number of hydrogen-bond acceptors (Lipinski definition) is 14. The second-order valence-corrected chi connectivity index (χ2v) is 16.2. The summed E-state index contributed by atoms with van der Waals surface area (Å²) < 4.78 is 15.1. The van der Waals surface area contributed by atoms with Crippen LogP contribution in [0.2, 0.25) is 0 Å². The molecule has 0 radical (unpaired) electrons. The number of hydrogen-bond donors (Lipinski definition) is 13. The molecular formula is C45H51FN10O16. The molecule has 15 N–H and O–H groups in total. The lowest BCUT2D eigenvalue weighted by molar-refractivity contribution is -0.144. The molecule has 0 aliphatic heterocycles. The van der Waals surface area contributed by atoms with Crippen LogP contribution in [0.15, 0.2) is 60.7 Å². The lowest BCUT2D eigenvalue weighted by Gasteiger charge is -2.19. The van der Waals surface area contributed by atoms with Gasteiger partial charge in [-0.2, -0.15) is 4.68 Å². The first-order valence-corrected chi connectivity index (χ1v) is 21.8. The number of fused-ring (bicyclic) bond motifs is 1. The third-order valence-electron chi connectivity index (χ3n) is 10.7. The average Bonchev–Trinajstić information content (AvgIpc) is 3.66. The van der Waals surface area contributed by atoms with E-state index in [1.807, 2.05) is 0 Å². The van der Waals surface area contributed by atoms with E-state index in [0.717, 1.165) is 10.2 Å². The number of aromatic nitrogens is 2. The van der Waals surface area contributed by atoms with E-state index < -0.39 is 159 Å². The molecule has 0 saturated carbocycles. The Hall–Kier alpha value is -9.01. The van der Waals surface area contributed by atoms with Gasteiger partial charge in [0.15, 0.2) is 5.82 Å². The van der Waals surface area contributed by atoms with Gasteiger partial charge in [-0.15, -0.1) is 5.10 Å². The van der Waals surface area contributed by atoms with Gasteiger partial charge in [0.05, 0.1) is 29.1 Å². The standard InChI is InChI=1S/C45H51FN10O16/c1-21-5-10-25(46)31(19-21)54-45(72)49-23-8-6-22(7-9-23)24-3-2-4-32-38(24)39(48)55-56(32)36(60)20-26(47)40(63)53-30(44(70)71)13-17-35(59)51-28(42(66)67)11-15-33(57)50-27(41(64)65)12-16-34(58)52-29(43(68)69)14-18-37(61)62/h2-10,19,26-30H,11-18,20,47H2,1H3,(H2,48,55)(H,50,57)(H,51,59)(H,52,58)(H,53,63)(H,61,62)(H,64,65)(H,66,67)(H,68,69)(H,70,71)(H2,49,54,72)/t26-,27-,28-,29-,30-/m0/s1. The first-order valence-electron chi connectivity index (χ1n) is 21.8. The number of rotatable bonds is 26. The molecule has 384 valence electrons. The molecule has 72 heavy (non-hydrogen) atoms. The van der Waals surface area contributed by atoms with Crippen molar-refractivity contribution in [1.82, 2.24) is 31.0 Å². The Morgan fingerprint density at radius 2 is 1.12 bits per heavy atom. The number of carbonyl (C=O) groups is 11. The third kappa shape index (κ3) is 16.3. The third-order valence-corrected chi connectivity index (χ3v) is 10.7. The fourth-order valence-electron chi connectivity index (χ4n) is 6.95. The van der Waals surface area contributed by atoms with Crippen molar-refractivity contribution in [1.29, 1.82) is 0 Å². The number of amides is 6. The van der Waals surface area contributed by atoms with Crippen LogP contribution in [0, 0.1) is 12.7 Å². The number of urea groups is 1. The van der Waals surface area contributed by atoms with Gasteiger partial charge < -0.3 is 68.9 Å². The Morgan fingerprint density at radius 3 is 1.61 bits per heavy atom. The molecule has 5 atom stereocenters. The fourth-order valence-corrected chi connectivity index (χ4v) is 6.95. The molecule has 0 saturated heterocycles. The summed E-state index contributed by atoms with van der Waals surface area (Å²) in [7, 11) is 0. The van der Waals surface area contributed by atoms with Crippen LogP contribution < -0.4 is 43.4 Å².